The van der Waals surface area contributed by atoms with E-state index in [1.165, 1.54) is 0 Å². The molecular weight excluding hydrogens is 242 g/mol. The Hall–Kier alpha value is -1.98. The number of ketones is 1. The molecule has 0 aliphatic heterocycles. The SMILES string of the molecule is CC(=O)c1c(C)nn(Cc2ncnn2C(C)C)c1C. The highest BCUT2D eigenvalue weighted by Crippen LogP contribution is 2.15. The van der Waals surface area contributed by atoms with Crippen LogP contribution < -0.4 is 0 Å². The van der Waals surface area contributed by atoms with Crippen molar-refractivity contribution in [3.8, 4) is 0 Å². The van der Waals surface area contributed by atoms with Gasteiger partial charge in [0.25, 0.3) is 0 Å². The molecule has 0 saturated carbocycles. The molecule has 0 fully saturated rings. The lowest BCUT2D eigenvalue weighted by Crippen LogP contribution is -2.13. The Labute approximate surface area is 112 Å². The summed E-state index contributed by atoms with van der Waals surface area (Å²) in [5.41, 5.74) is 2.35. The molecule has 2 rings (SSSR count). The average Bonchev–Trinajstić information content (AvgIpc) is 2.85. The van der Waals surface area contributed by atoms with E-state index in [2.05, 4.69) is 29.0 Å². The third kappa shape index (κ3) is 2.43. The highest BCUT2D eigenvalue weighted by molar-refractivity contribution is 5.96. The molecule has 6 nitrogen and oxygen atoms in total. The van der Waals surface area contributed by atoms with Crippen molar-refractivity contribution in [1.29, 1.82) is 0 Å². The van der Waals surface area contributed by atoms with E-state index in [1.54, 1.807) is 13.3 Å². The van der Waals surface area contributed by atoms with Crippen LogP contribution in [0.3, 0.4) is 0 Å². The number of aromatic nitrogens is 5. The smallest absolute Gasteiger partial charge is 0.163 e. The van der Waals surface area contributed by atoms with E-state index in [1.807, 2.05) is 23.2 Å². The van der Waals surface area contributed by atoms with Gasteiger partial charge in [0.15, 0.2) is 5.78 Å². The van der Waals surface area contributed by atoms with Crippen molar-refractivity contribution in [3.05, 3.63) is 29.1 Å². The first-order valence-corrected chi connectivity index (χ1v) is 6.35. The van der Waals surface area contributed by atoms with Crippen LogP contribution in [-0.2, 0) is 6.54 Å². The van der Waals surface area contributed by atoms with Gasteiger partial charge in [0.1, 0.15) is 18.7 Å². The van der Waals surface area contributed by atoms with Crippen LogP contribution in [-0.4, -0.2) is 30.3 Å². The minimum atomic E-state index is 0.0478. The predicted molar refractivity (Wildman–Crippen MR) is 71.2 cm³/mol. The molecule has 102 valence electrons. The lowest BCUT2D eigenvalue weighted by molar-refractivity contribution is 0.101. The van der Waals surface area contributed by atoms with Crippen LogP contribution in [0.5, 0.6) is 0 Å². The summed E-state index contributed by atoms with van der Waals surface area (Å²) in [6.45, 7) is 9.97. The first-order valence-electron chi connectivity index (χ1n) is 6.35. The number of hydrogen-bond acceptors (Lipinski definition) is 4. The Kier molecular flexibility index (Phi) is 3.50. The zero-order chi connectivity index (χ0) is 14.2. The molecule has 0 atom stereocenters. The van der Waals surface area contributed by atoms with Gasteiger partial charge in [-0.05, 0) is 34.6 Å². The maximum absolute atomic E-state index is 11.6. The molecule has 0 amide bonds. The lowest BCUT2D eigenvalue weighted by Gasteiger charge is -2.10. The second kappa shape index (κ2) is 4.95. The number of rotatable bonds is 4. The van der Waals surface area contributed by atoms with Gasteiger partial charge < -0.3 is 0 Å². The minimum Gasteiger partial charge on any atom is -0.294 e. The van der Waals surface area contributed by atoms with Crippen LogP contribution in [0.1, 0.15) is 54.4 Å². The fourth-order valence-corrected chi connectivity index (χ4v) is 2.31. The highest BCUT2D eigenvalue weighted by Gasteiger charge is 2.17. The maximum atomic E-state index is 11.6. The van der Waals surface area contributed by atoms with Crippen LogP contribution >= 0.6 is 0 Å². The van der Waals surface area contributed by atoms with Crippen molar-refractivity contribution in [2.24, 2.45) is 0 Å². The second-order valence-corrected chi connectivity index (χ2v) is 4.97. The molecule has 0 aromatic carbocycles. The summed E-state index contributed by atoms with van der Waals surface area (Å²) in [5, 5.41) is 8.62. The molecule has 0 saturated heterocycles. The molecular formula is C13H19N5O. The molecule has 0 N–H and O–H groups in total. The number of carbonyl (C=O) groups is 1. The third-order valence-corrected chi connectivity index (χ3v) is 3.16. The van der Waals surface area contributed by atoms with Gasteiger partial charge in [-0.3, -0.25) is 9.48 Å². The zero-order valence-electron chi connectivity index (χ0n) is 12.0. The average molecular weight is 261 g/mol. The van der Waals surface area contributed by atoms with Gasteiger partial charge in [0, 0.05) is 11.7 Å². The molecule has 2 aromatic rings. The molecule has 0 bridgehead atoms. The van der Waals surface area contributed by atoms with Gasteiger partial charge >= 0.3 is 0 Å². The molecule has 2 aromatic heterocycles. The zero-order valence-corrected chi connectivity index (χ0v) is 12.0. The van der Waals surface area contributed by atoms with E-state index in [0.717, 1.165) is 17.2 Å². The largest absolute Gasteiger partial charge is 0.294 e. The van der Waals surface area contributed by atoms with E-state index in [-0.39, 0.29) is 11.8 Å². The Balaban J connectivity index is 2.37. The molecule has 2 heterocycles. The second-order valence-electron chi connectivity index (χ2n) is 4.97. The van der Waals surface area contributed by atoms with Gasteiger partial charge in [0.2, 0.25) is 0 Å². The number of nitrogens with zero attached hydrogens (tertiary/aromatic N) is 5. The predicted octanol–water partition coefficient (Wildman–Crippen LogP) is 1.92. The quantitative estimate of drug-likeness (QED) is 0.789. The van der Waals surface area contributed by atoms with Crippen molar-refractivity contribution >= 4 is 5.78 Å². The molecule has 6 heteroatoms. The molecule has 0 spiro atoms. The van der Waals surface area contributed by atoms with E-state index in [4.69, 9.17) is 0 Å². The van der Waals surface area contributed by atoms with Gasteiger partial charge in [-0.1, -0.05) is 0 Å². The number of Topliss-reactive ketones (excluding diaryl/α,β-unsaturated/α-hetero) is 1. The molecule has 0 aliphatic carbocycles. The summed E-state index contributed by atoms with van der Waals surface area (Å²) in [6, 6.07) is 0.252. The van der Waals surface area contributed by atoms with Crippen LogP contribution in [0.25, 0.3) is 0 Å². The first kappa shape index (κ1) is 13.5. The summed E-state index contributed by atoms with van der Waals surface area (Å²) in [5.74, 6) is 0.891. The van der Waals surface area contributed by atoms with Crippen LogP contribution in [0.4, 0.5) is 0 Å². The van der Waals surface area contributed by atoms with Crippen LogP contribution in [0.15, 0.2) is 6.33 Å². The number of carbonyl (C=O) groups excluding carboxylic acids is 1. The fourth-order valence-electron chi connectivity index (χ4n) is 2.31. The van der Waals surface area contributed by atoms with Crippen molar-refractivity contribution in [2.45, 2.75) is 47.2 Å². The summed E-state index contributed by atoms with van der Waals surface area (Å²) in [4.78, 5) is 15.9. The van der Waals surface area contributed by atoms with Crippen molar-refractivity contribution in [3.63, 3.8) is 0 Å². The van der Waals surface area contributed by atoms with Crippen molar-refractivity contribution < 1.29 is 4.79 Å². The van der Waals surface area contributed by atoms with Gasteiger partial charge in [-0.25, -0.2) is 9.67 Å². The molecule has 19 heavy (non-hydrogen) atoms. The van der Waals surface area contributed by atoms with Crippen LogP contribution in [0, 0.1) is 13.8 Å². The Morgan fingerprint density at radius 2 is 2.05 bits per heavy atom. The maximum Gasteiger partial charge on any atom is 0.163 e. The summed E-state index contributed by atoms with van der Waals surface area (Å²) < 4.78 is 3.68. The molecule has 0 aliphatic rings. The Bertz CT molecular complexity index is 609. The van der Waals surface area contributed by atoms with Gasteiger partial charge in [-0.15, -0.1) is 0 Å². The topological polar surface area (TPSA) is 65.6 Å². The van der Waals surface area contributed by atoms with E-state index in [0.29, 0.717) is 12.1 Å². The number of aryl methyl sites for hydroxylation is 1. The summed E-state index contributed by atoms with van der Waals surface area (Å²) in [7, 11) is 0. The van der Waals surface area contributed by atoms with Crippen molar-refractivity contribution in [1.82, 2.24) is 24.5 Å². The minimum absolute atomic E-state index is 0.0478. The van der Waals surface area contributed by atoms with E-state index in [9.17, 15) is 4.79 Å². The fraction of sp³-hybridized carbons (Fsp3) is 0.538. The summed E-state index contributed by atoms with van der Waals surface area (Å²) in [6.07, 6.45) is 1.55. The van der Waals surface area contributed by atoms with E-state index >= 15 is 0 Å². The van der Waals surface area contributed by atoms with Crippen LogP contribution in [0.2, 0.25) is 0 Å². The Morgan fingerprint density at radius 1 is 1.37 bits per heavy atom. The molecule has 0 radical (unpaired) electrons. The van der Waals surface area contributed by atoms with E-state index < -0.39 is 0 Å². The monoisotopic (exact) mass is 261 g/mol. The van der Waals surface area contributed by atoms with Gasteiger partial charge in [0.05, 0.1) is 11.3 Å². The van der Waals surface area contributed by atoms with Gasteiger partial charge in [-0.2, -0.15) is 10.2 Å². The first-order chi connectivity index (χ1) is 8.91. The Morgan fingerprint density at radius 3 is 2.58 bits per heavy atom. The summed E-state index contributed by atoms with van der Waals surface area (Å²) >= 11 is 0. The normalized spacial score (nSPS) is 11.3. The lowest BCUT2D eigenvalue weighted by atomic mass is 10.1. The number of hydrogen-bond donors (Lipinski definition) is 0. The standard InChI is InChI=1S/C13H19N5O/c1-8(2)18-12(14-7-15-18)6-17-10(4)13(11(5)19)9(3)16-17/h7-8H,6H2,1-5H3. The molecule has 0 unspecified atom stereocenters. The highest BCUT2D eigenvalue weighted by atomic mass is 16.1. The third-order valence-electron chi connectivity index (χ3n) is 3.16. The van der Waals surface area contributed by atoms with Crippen molar-refractivity contribution in [2.75, 3.05) is 0 Å².